The predicted octanol–water partition coefficient (Wildman–Crippen LogP) is 2.35. The van der Waals surface area contributed by atoms with Crippen LogP contribution in [0.25, 0.3) is 0 Å². The van der Waals surface area contributed by atoms with Crippen LogP contribution in [0.5, 0.6) is 0 Å². The number of hydrogen-bond acceptors (Lipinski definition) is 4. The highest BCUT2D eigenvalue weighted by atomic mass is 35.5. The topological polar surface area (TPSA) is 38.5 Å². The Morgan fingerprint density at radius 3 is 2.74 bits per heavy atom. The van der Waals surface area contributed by atoms with Crippen molar-refractivity contribution in [3.05, 3.63) is 21.9 Å². The molecule has 0 bridgehead atoms. The number of nitrogens with zero attached hydrogens (tertiary/aromatic N) is 1. The van der Waals surface area contributed by atoms with Crippen LogP contribution in [-0.4, -0.2) is 37.2 Å². The van der Waals surface area contributed by atoms with Crippen molar-refractivity contribution >= 4 is 23.7 Å². The van der Waals surface area contributed by atoms with Crippen molar-refractivity contribution in [3.8, 4) is 0 Å². The molecule has 110 valence electrons. The Balaban J connectivity index is 0.00000180. The molecule has 2 heterocycles. The number of nitrogens with two attached hydrogens (primary N) is 1. The fourth-order valence-corrected chi connectivity index (χ4v) is 2.82. The lowest BCUT2D eigenvalue weighted by molar-refractivity contribution is -0.134. The van der Waals surface area contributed by atoms with Gasteiger partial charge in [-0.1, -0.05) is 0 Å². The first-order chi connectivity index (χ1) is 8.49. The normalized spacial score (nSPS) is 21.2. The molecule has 1 fully saturated rings. The molecule has 19 heavy (non-hydrogen) atoms. The molecule has 8 heteroatoms. The highest BCUT2D eigenvalue weighted by Gasteiger charge is 2.32. The van der Waals surface area contributed by atoms with Crippen molar-refractivity contribution in [1.82, 2.24) is 4.90 Å². The van der Waals surface area contributed by atoms with Crippen LogP contribution in [-0.2, 0) is 17.5 Å². The minimum Gasteiger partial charge on any atom is -0.374 e. The molecule has 0 aromatic carbocycles. The van der Waals surface area contributed by atoms with Crippen molar-refractivity contribution in [1.29, 1.82) is 0 Å². The van der Waals surface area contributed by atoms with E-state index in [0.29, 0.717) is 26.2 Å². The van der Waals surface area contributed by atoms with E-state index in [-0.39, 0.29) is 18.5 Å². The molecule has 0 spiro atoms. The monoisotopic (exact) mass is 316 g/mol. The zero-order valence-electron chi connectivity index (χ0n) is 10.2. The van der Waals surface area contributed by atoms with Crippen molar-refractivity contribution in [3.63, 3.8) is 0 Å². The average molecular weight is 317 g/mol. The molecule has 2 rings (SSSR count). The van der Waals surface area contributed by atoms with Crippen LogP contribution in [0.3, 0.4) is 0 Å². The second-order valence-corrected chi connectivity index (χ2v) is 5.40. The number of thiophene rings is 1. The molecule has 1 unspecified atom stereocenters. The Bertz CT molecular complexity index is 400. The van der Waals surface area contributed by atoms with Gasteiger partial charge in [0.2, 0.25) is 0 Å². The van der Waals surface area contributed by atoms with Crippen LogP contribution in [0.1, 0.15) is 9.75 Å². The van der Waals surface area contributed by atoms with E-state index in [2.05, 4.69) is 4.90 Å². The van der Waals surface area contributed by atoms with Crippen molar-refractivity contribution in [2.75, 3.05) is 26.2 Å². The van der Waals surface area contributed by atoms with Gasteiger partial charge < -0.3 is 10.5 Å². The van der Waals surface area contributed by atoms with Gasteiger partial charge >= 0.3 is 6.18 Å². The Morgan fingerprint density at radius 1 is 1.42 bits per heavy atom. The van der Waals surface area contributed by atoms with Gasteiger partial charge in [0.1, 0.15) is 4.88 Å². The first kappa shape index (κ1) is 16.7. The standard InChI is InChI=1S/C11H15F3N2OS.ClH/c12-11(13,14)10-2-1-9(18-10)7-16-3-4-17-8(5-15)6-16;/h1-2,8H,3-7,15H2;1H. The van der Waals surface area contributed by atoms with Crippen LogP contribution in [0.15, 0.2) is 12.1 Å². The predicted molar refractivity (Wildman–Crippen MR) is 70.6 cm³/mol. The van der Waals surface area contributed by atoms with Gasteiger partial charge in [0, 0.05) is 31.1 Å². The van der Waals surface area contributed by atoms with E-state index >= 15 is 0 Å². The minimum atomic E-state index is -4.24. The third-order valence-electron chi connectivity index (χ3n) is 2.81. The van der Waals surface area contributed by atoms with Crippen molar-refractivity contribution in [2.24, 2.45) is 5.73 Å². The number of hydrogen-bond donors (Lipinski definition) is 1. The summed E-state index contributed by atoms with van der Waals surface area (Å²) in [7, 11) is 0. The quantitative estimate of drug-likeness (QED) is 0.930. The molecule has 1 aromatic heterocycles. The summed E-state index contributed by atoms with van der Waals surface area (Å²) in [5.41, 5.74) is 5.52. The van der Waals surface area contributed by atoms with Crippen LogP contribution >= 0.6 is 23.7 Å². The van der Waals surface area contributed by atoms with Crippen molar-refractivity contribution in [2.45, 2.75) is 18.8 Å². The molecule has 0 aliphatic carbocycles. The third kappa shape index (κ3) is 4.61. The highest BCUT2D eigenvalue weighted by Crippen LogP contribution is 2.35. The molecule has 1 atom stereocenters. The van der Waals surface area contributed by atoms with E-state index in [4.69, 9.17) is 10.5 Å². The van der Waals surface area contributed by atoms with E-state index < -0.39 is 11.1 Å². The summed E-state index contributed by atoms with van der Waals surface area (Å²) in [5.74, 6) is 0. The lowest BCUT2D eigenvalue weighted by Gasteiger charge is -2.31. The summed E-state index contributed by atoms with van der Waals surface area (Å²) >= 11 is 0.804. The SMILES string of the molecule is Cl.NCC1CN(Cc2ccc(C(F)(F)F)s2)CCO1. The summed E-state index contributed by atoms with van der Waals surface area (Å²) in [6, 6.07) is 2.68. The zero-order valence-corrected chi connectivity index (χ0v) is 11.8. The number of halogens is 4. The minimum absolute atomic E-state index is 0. The van der Waals surface area contributed by atoms with Crippen LogP contribution < -0.4 is 5.73 Å². The van der Waals surface area contributed by atoms with E-state index in [1.165, 1.54) is 0 Å². The molecule has 0 radical (unpaired) electrons. The van der Waals surface area contributed by atoms with Crippen LogP contribution in [0, 0.1) is 0 Å². The van der Waals surface area contributed by atoms with Gasteiger partial charge in [-0.3, -0.25) is 4.90 Å². The van der Waals surface area contributed by atoms with Gasteiger partial charge in [-0.05, 0) is 12.1 Å². The molecule has 1 aliphatic rings. The van der Waals surface area contributed by atoms with E-state index in [1.54, 1.807) is 6.07 Å². The molecular weight excluding hydrogens is 301 g/mol. The number of alkyl halides is 3. The molecule has 0 amide bonds. The Kier molecular flexibility index (Phi) is 6.07. The van der Waals surface area contributed by atoms with Crippen LogP contribution in [0.4, 0.5) is 13.2 Å². The van der Waals surface area contributed by atoms with Gasteiger partial charge in [-0.2, -0.15) is 13.2 Å². The Labute approximate surface area is 119 Å². The lowest BCUT2D eigenvalue weighted by atomic mass is 10.2. The second-order valence-electron chi connectivity index (χ2n) is 4.23. The largest absolute Gasteiger partial charge is 0.425 e. The maximum Gasteiger partial charge on any atom is 0.425 e. The average Bonchev–Trinajstić information content (AvgIpc) is 2.77. The van der Waals surface area contributed by atoms with Gasteiger partial charge in [0.25, 0.3) is 0 Å². The summed E-state index contributed by atoms with van der Waals surface area (Å²) in [5, 5.41) is 0. The van der Waals surface area contributed by atoms with E-state index in [9.17, 15) is 13.2 Å². The smallest absolute Gasteiger partial charge is 0.374 e. The zero-order chi connectivity index (χ0) is 13.2. The number of ether oxygens (including phenoxy) is 1. The molecule has 1 aromatic rings. The third-order valence-corrected chi connectivity index (χ3v) is 3.92. The molecule has 0 saturated carbocycles. The summed E-state index contributed by atoms with van der Waals surface area (Å²) in [6.07, 6.45) is -4.26. The first-order valence-electron chi connectivity index (χ1n) is 5.69. The van der Waals surface area contributed by atoms with Gasteiger partial charge in [-0.15, -0.1) is 23.7 Å². The Hall–Kier alpha value is -0.340. The summed E-state index contributed by atoms with van der Waals surface area (Å²) in [6.45, 7) is 2.96. The maximum absolute atomic E-state index is 12.5. The molecule has 1 saturated heterocycles. The number of rotatable bonds is 3. The fourth-order valence-electron chi connectivity index (χ4n) is 1.90. The van der Waals surface area contributed by atoms with Gasteiger partial charge in [0.15, 0.2) is 0 Å². The van der Waals surface area contributed by atoms with Crippen molar-refractivity contribution < 1.29 is 17.9 Å². The lowest BCUT2D eigenvalue weighted by Crippen LogP contribution is -2.44. The summed E-state index contributed by atoms with van der Waals surface area (Å²) in [4.78, 5) is 2.26. The molecular formula is C11H16ClF3N2OS. The van der Waals surface area contributed by atoms with Gasteiger partial charge in [0.05, 0.1) is 12.7 Å². The molecule has 3 nitrogen and oxygen atoms in total. The van der Waals surface area contributed by atoms with E-state index in [0.717, 1.165) is 28.8 Å². The molecule has 1 aliphatic heterocycles. The Morgan fingerprint density at radius 2 is 2.16 bits per heavy atom. The van der Waals surface area contributed by atoms with Gasteiger partial charge in [-0.25, -0.2) is 0 Å². The van der Waals surface area contributed by atoms with E-state index in [1.807, 2.05) is 0 Å². The summed E-state index contributed by atoms with van der Waals surface area (Å²) < 4.78 is 42.8. The first-order valence-corrected chi connectivity index (χ1v) is 6.50. The second kappa shape index (κ2) is 6.90. The fraction of sp³-hybridized carbons (Fsp3) is 0.636. The highest BCUT2D eigenvalue weighted by molar-refractivity contribution is 7.12. The van der Waals surface area contributed by atoms with Crippen LogP contribution in [0.2, 0.25) is 0 Å². The molecule has 2 N–H and O–H groups in total. The number of morpholine rings is 1. The maximum atomic E-state index is 12.5.